The summed E-state index contributed by atoms with van der Waals surface area (Å²) in [6.45, 7) is 4.05. The highest BCUT2D eigenvalue weighted by atomic mass is 35.5. The largest absolute Gasteiger partial charge is 0.335 e. The van der Waals surface area contributed by atoms with Gasteiger partial charge < -0.3 is 15.1 Å². The van der Waals surface area contributed by atoms with Crippen molar-refractivity contribution in [2.75, 3.05) is 31.5 Å². The minimum absolute atomic E-state index is 0.0152. The van der Waals surface area contributed by atoms with Crippen LogP contribution >= 0.6 is 11.6 Å². The molecule has 1 heterocycles. The van der Waals surface area contributed by atoms with E-state index in [9.17, 15) is 9.59 Å². The third kappa shape index (κ3) is 4.31. The molecule has 0 unspecified atom stereocenters. The zero-order chi connectivity index (χ0) is 17.8. The van der Waals surface area contributed by atoms with Crippen molar-refractivity contribution < 1.29 is 9.59 Å². The number of amides is 3. The van der Waals surface area contributed by atoms with Gasteiger partial charge in [-0.05, 0) is 43.3 Å². The second-order valence-electron chi connectivity index (χ2n) is 6.09. The van der Waals surface area contributed by atoms with Gasteiger partial charge in [0, 0.05) is 42.5 Å². The molecule has 1 fully saturated rings. The number of nitrogens with zero attached hydrogens (tertiary/aromatic N) is 2. The van der Waals surface area contributed by atoms with E-state index in [1.54, 1.807) is 34.1 Å². The Morgan fingerprint density at radius 3 is 2.24 bits per heavy atom. The first-order valence-electron chi connectivity index (χ1n) is 8.20. The van der Waals surface area contributed by atoms with Crippen LogP contribution in [0.15, 0.2) is 48.5 Å². The zero-order valence-electron chi connectivity index (χ0n) is 14.0. The highest BCUT2D eigenvalue weighted by Crippen LogP contribution is 2.15. The van der Waals surface area contributed by atoms with Crippen molar-refractivity contribution in [2.24, 2.45) is 0 Å². The van der Waals surface area contributed by atoms with Crippen molar-refractivity contribution in [1.29, 1.82) is 0 Å². The van der Waals surface area contributed by atoms with Crippen molar-refractivity contribution in [3.63, 3.8) is 0 Å². The molecule has 3 rings (SSSR count). The van der Waals surface area contributed by atoms with Gasteiger partial charge in [-0.3, -0.25) is 4.79 Å². The van der Waals surface area contributed by atoms with Gasteiger partial charge in [-0.1, -0.05) is 29.3 Å². The number of urea groups is 1. The van der Waals surface area contributed by atoms with Crippen LogP contribution in [0.25, 0.3) is 0 Å². The van der Waals surface area contributed by atoms with E-state index in [2.05, 4.69) is 5.32 Å². The van der Waals surface area contributed by atoms with Crippen LogP contribution in [0.1, 0.15) is 15.9 Å². The molecule has 0 radical (unpaired) electrons. The second kappa shape index (κ2) is 7.57. The Bertz CT molecular complexity index is 768. The number of hydrogen-bond acceptors (Lipinski definition) is 2. The number of carbonyl (C=O) groups is 2. The summed E-state index contributed by atoms with van der Waals surface area (Å²) in [4.78, 5) is 28.4. The Labute approximate surface area is 152 Å². The Morgan fingerprint density at radius 2 is 1.60 bits per heavy atom. The number of hydrogen-bond donors (Lipinski definition) is 1. The molecule has 0 aromatic heterocycles. The van der Waals surface area contributed by atoms with Gasteiger partial charge in [0.05, 0.1) is 0 Å². The lowest BCUT2D eigenvalue weighted by atomic mass is 10.1. The molecule has 130 valence electrons. The van der Waals surface area contributed by atoms with Crippen LogP contribution in [0.4, 0.5) is 10.5 Å². The summed E-state index contributed by atoms with van der Waals surface area (Å²) in [5.41, 5.74) is 2.46. The standard InChI is InChI=1S/C19H20ClN3O2/c1-14-3-2-4-15(13-14)18(24)22-9-11-23(12-10-22)19(25)21-17-7-5-16(20)6-8-17/h2-8,13H,9-12H2,1H3,(H,21,25). The molecule has 0 atom stereocenters. The van der Waals surface area contributed by atoms with E-state index in [-0.39, 0.29) is 11.9 Å². The fourth-order valence-corrected chi connectivity index (χ4v) is 2.94. The fraction of sp³-hybridized carbons (Fsp3) is 0.263. The molecular formula is C19H20ClN3O2. The lowest BCUT2D eigenvalue weighted by molar-refractivity contribution is 0.0671. The van der Waals surface area contributed by atoms with Crippen LogP contribution in [0.2, 0.25) is 5.02 Å². The Morgan fingerprint density at radius 1 is 0.960 bits per heavy atom. The number of anilines is 1. The van der Waals surface area contributed by atoms with Gasteiger partial charge in [-0.25, -0.2) is 4.79 Å². The van der Waals surface area contributed by atoms with Gasteiger partial charge in [0.1, 0.15) is 0 Å². The zero-order valence-corrected chi connectivity index (χ0v) is 14.8. The molecule has 5 nitrogen and oxygen atoms in total. The first kappa shape index (κ1) is 17.3. The molecule has 3 amide bonds. The highest BCUT2D eigenvalue weighted by Gasteiger charge is 2.24. The first-order chi connectivity index (χ1) is 12.0. The van der Waals surface area contributed by atoms with Gasteiger partial charge in [0.15, 0.2) is 0 Å². The van der Waals surface area contributed by atoms with E-state index in [0.29, 0.717) is 42.5 Å². The summed E-state index contributed by atoms with van der Waals surface area (Å²) in [6, 6.07) is 14.4. The van der Waals surface area contributed by atoms with Crippen LogP contribution in [-0.2, 0) is 0 Å². The van der Waals surface area contributed by atoms with Crippen LogP contribution in [0.5, 0.6) is 0 Å². The summed E-state index contributed by atoms with van der Waals surface area (Å²) in [5.74, 6) is 0.0152. The Hall–Kier alpha value is -2.53. The average Bonchev–Trinajstić information content (AvgIpc) is 2.63. The van der Waals surface area contributed by atoms with Crippen LogP contribution in [-0.4, -0.2) is 47.9 Å². The maximum atomic E-state index is 12.5. The summed E-state index contributed by atoms with van der Waals surface area (Å²) in [7, 11) is 0. The molecule has 0 spiro atoms. The number of benzene rings is 2. The second-order valence-corrected chi connectivity index (χ2v) is 6.52. The topological polar surface area (TPSA) is 52.7 Å². The van der Waals surface area contributed by atoms with Crippen molar-refractivity contribution >= 4 is 29.2 Å². The predicted molar refractivity (Wildman–Crippen MR) is 99.1 cm³/mol. The minimum atomic E-state index is -0.162. The van der Waals surface area contributed by atoms with Crippen molar-refractivity contribution in [2.45, 2.75) is 6.92 Å². The van der Waals surface area contributed by atoms with Crippen LogP contribution in [0.3, 0.4) is 0 Å². The molecule has 2 aromatic rings. The maximum Gasteiger partial charge on any atom is 0.321 e. The number of halogens is 1. The quantitative estimate of drug-likeness (QED) is 0.892. The Kier molecular flexibility index (Phi) is 5.24. The molecule has 25 heavy (non-hydrogen) atoms. The van der Waals surface area contributed by atoms with E-state index in [0.717, 1.165) is 5.56 Å². The van der Waals surface area contributed by atoms with Crippen LogP contribution < -0.4 is 5.32 Å². The molecule has 0 bridgehead atoms. The molecule has 2 aromatic carbocycles. The van der Waals surface area contributed by atoms with E-state index < -0.39 is 0 Å². The summed E-state index contributed by atoms with van der Waals surface area (Å²) in [5, 5.41) is 3.47. The van der Waals surface area contributed by atoms with E-state index >= 15 is 0 Å². The smallest absolute Gasteiger partial charge is 0.321 e. The van der Waals surface area contributed by atoms with E-state index in [1.807, 2.05) is 31.2 Å². The monoisotopic (exact) mass is 357 g/mol. The summed E-state index contributed by atoms with van der Waals surface area (Å²) in [6.07, 6.45) is 0. The number of piperazine rings is 1. The molecule has 1 saturated heterocycles. The first-order valence-corrected chi connectivity index (χ1v) is 8.58. The molecule has 6 heteroatoms. The third-order valence-corrected chi connectivity index (χ3v) is 4.47. The maximum absolute atomic E-state index is 12.5. The minimum Gasteiger partial charge on any atom is -0.335 e. The van der Waals surface area contributed by atoms with Crippen LogP contribution in [0, 0.1) is 6.92 Å². The molecule has 1 N–H and O–H groups in total. The summed E-state index contributed by atoms with van der Waals surface area (Å²) < 4.78 is 0. The fourth-order valence-electron chi connectivity index (χ4n) is 2.81. The number of carbonyl (C=O) groups excluding carboxylic acids is 2. The number of aryl methyl sites for hydroxylation is 1. The predicted octanol–water partition coefficient (Wildman–Crippen LogP) is 3.64. The van der Waals surface area contributed by atoms with E-state index in [1.165, 1.54) is 0 Å². The lowest BCUT2D eigenvalue weighted by Gasteiger charge is -2.34. The van der Waals surface area contributed by atoms with Gasteiger partial charge in [0.2, 0.25) is 0 Å². The molecule has 1 aliphatic rings. The van der Waals surface area contributed by atoms with E-state index in [4.69, 9.17) is 11.6 Å². The summed E-state index contributed by atoms with van der Waals surface area (Å²) >= 11 is 5.84. The molecule has 1 aliphatic heterocycles. The lowest BCUT2D eigenvalue weighted by Crippen LogP contribution is -2.51. The normalized spacial score (nSPS) is 14.3. The Balaban J connectivity index is 1.55. The third-order valence-electron chi connectivity index (χ3n) is 4.21. The van der Waals surface area contributed by atoms with Crippen molar-refractivity contribution in [3.8, 4) is 0 Å². The van der Waals surface area contributed by atoms with Gasteiger partial charge in [-0.15, -0.1) is 0 Å². The van der Waals surface area contributed by atoms with Gasteiger partial charge >= 0.3 is 6.03 Å². The van der Waals surface area contributed by atoms with Gasteiger partial charge in [-0.2, -0.15) is 0 Å². The molecular weight excluding hydrogens is 338 g/mol. The SMILES string of the molecule is Cc1cccc(C(=O)N2CCN(C(=O)Nc3ccc(Cl)cc3)CC2)c1. The average molecular weight is 358 g/mol. The van der Waals surface area contributed by atoms with Crippen molar-refractivity contribution in [1.82, 2.24) is 9.80 Å². The highest BCUT2D eigenvalue weighted by molar-refractivity contribution is 6.30. The van der Waals surface area contributed by atoms with Gasteiger partial charge in [0.25, 0.3) is 5.91 Å². The molecule has 0 saturated carbocycles. The number of nitrogens with one attached hydrogen (secondary N) is 1. The number of rotatable bonds is 2. The molecule has 0 aliphatic carbocycles. The van der Waals surface area contributed by atoms with Crippen molar-refractivity contribution in [3.05, 3.63) is 64.7 Å².